The molecule has 0 aromatic heterocycles. The number of nitrogens with zero attached hydrogens (tertiary/aromatic N) is 2. The maximum absolute atomic E-state index is 10.5. The van der Waals surface area contributed by atoms with E-state index >= 15 is 0 Å². The van der Waals surface area contributed by atoms with Crippen molar-refractivity contribution in [3.63, 3.8) is 0 Å². The van der Waals surface area contributed by atoms with Gasteiger partial charge in [-0.05, 0) is 0 Å². The molecule has 4 heteroatoms. The monoisotopic (exact) mass is 198 g/mol. The summed E-state index contributed by atoms with van der Waals surface area (Å²) in [6.07, 6.45) is 1.88. The molecule has 0 aromatic rings. The van der Waals surface area contributed by atoms with Crippen LogP contribution in [0.15, 0.2) is 0 Å². The van der Waals surface area contributed by atoms with Crippen molar-refractivity contribution in [2.45, 2.75) is 6.92 Å². The van der Waals surface area contributed by atoms with Crippen molar-refractivity contribution in [2.24, 2.45) is 0 Å². The third kappa shape index (κ3) is 3.79. The lowest BCUT2D eigenvalue weighted by Gasteiger charge is -2.25. The summed E-state index contributed by atoms with van der Waals surface area (Å²) in [5.41, 5.74) is 0. The minimum Gasteiger partial charge on any atom is -0.465 e. The van der Waals surface area contributed by atoms with Crippen molar-refractivity contribution in [3.05, 3.63) is 6.92 Å². The molecule has 0 amide bonds. The Balaban J connectivity index is 2.13. The Labute approximate surface area is 85.2 Å². The number of carbonyl (C=O) groups is 1. The fourth-order valence-corrected chi connectivity index (χ4v) is 1.49. The number of piperazine rings is 1. The fraction of sp³-hybridized carbons (Fsp3) is 0.700. The van der Waals surface area contributed by atoms with Crippen LogP contribution in [-0.4, -0.2) is 61.0 Å². The maximum Gasteiger partial charge on any atom is 0.302 e. The van der Waals surface area contributed by atoms with Gasteiger partial charge < -0.3 is 11.7 Å². The van der Waals surface area contributed by atoms with Crippen LogP contribution in [0.4, 0.5) is 0 Å². The van der Waals surface area contributed by atoms with Gasteiger partial charge in [-0.2, -0.15) is 0 Å². The molecular weight excluding hydrogens is 180 g/mol. The first-order valence-electron chi connectivity index (χ1n) is 4.94. The lowest BCUT2D eigenvalue weighted by atomic mass is 10.3. The van der Waals surface area contributed by atoms with E-state index in [9.17, 15) is 4.79 Å². The Morgan fingerprint density at radius 3 is 2.71 bits per heavy atom. The minimum atomic E-state index is -0.199. The molecule has 4 nitrogen and oxygen atoms in total. The number of carbonyl (C=O) groups excluding carboxylic acids is 1. The summed E-state index contributed by atoms with van der Waals surface area (Å²) in [5.74, 6) is -0.199. The van der Waals surface area contributed by atoms with Crippen molar-refractivity contribution in [3.8, 4) is 0 Å². The van der Waals surface area contributed by atoms with Crippen LogP contribution in [0.1, 0.15) is 6.92 Å². The molecule has 80 valence electrons. The molecule has 0 aliphatic carbocycles. The van der Waals surface area contributed by atoms with Gasteiger partial charge in [-0.25, -0.2) is 0 Å². The maximum atomic E-state index is 10.5. The van der Waals surface area contributed by atoms with E-state index in [1.54, 1.807) is 0 Å². The van der Waals surface area contributed by atoms with E-state index in [0.29, 0.717) is 6.61 Å². The summed E-state index contributed by atoms with van der Waals surface area (Å²) in [5, 5.41) is 0. The van der Waals surface area contributed by atoms with Crippen LogP contribution in [0.2, 0.25) is 0 Å². The molecule has 0 aromatic carbocycles. The Bertz CT molecular complexity index is 216. The number of hydrogen-bond donors (Lipinski definition) is 0. The first kappa shape index (κ1) is 11.0. The molecule has 1 fully saturated rings. The molecule has 14 heavy (non-hydrogen) atoms. The molecule has 0 spiro atoms. The zero-order valence-corrected chi connectivity index (χ0v) is 8.74. The number of ether oxygens (including phenoxy) is 1. The van der Waals surface area contributed by atoms with E-state index in [1.807, 2.05) is 6.21 Å². The fourth-order valence-electron chi connectivity index (χ4n) is 1.49. The summed E-state index contributed by atoms with van der Waals surface area (Å²) in [6.45, 7) is 10.6. The highest BCUT2D eigenvalue weighted by Crippen LogP contribution is 1.95. The van der Waals surface area contributed by atoms with Gasteiger partial charge in [-0.3, -0.25) is 14.3 Å². The average molecular weight is 198 g/mol. The molecule has 0 radical (unpaired) electrons. The van der Waals surface area contributed by atoms with Crippen molar-refractivity contribution in [1.29, 1.82) is 0 Å². The highest BCUT2D eigenvalue weighted by atomic mass is 16.5. The largest absolute Gasteiger partial charge is 0.465 e. The zero-order chi connectivity index (χ0) is 10.4. The van der Waals surface area contributed by atoms with Gasteiger partial charge in [-0.1, -0.05) is 0 Å². The molecule has 0 atom stereocenters. The van der Waals surface area contributed by atoms with Crippen LogP contribution in [0.25, 0.3) is 0 Å². The van der Waals surface area contributed by atoms with Crippen molar-refractivity contribution >= 4 is 12.2 Å². The topological polar surface area (TPSA) is 32.5 Å². The van der Waals surface area contributed by atoms with Crippen LogP contribution >= 0.6 is 0 Å². The Hall–Kier alpha value is -1.03. The first-order chi connectivity index (χ1) is 6.72. The summed E-state index contributed by atoms with van der Waals surface area (Å²) >= 11 is 0. The predicted molar refractivity (Wildman–Crippen MR) is 54.5 cm³/mol. The molecule has 0 bridgehead atoms. The summed E-state index contributed by atoms with van der Waals surface area (Å²) in [4.78, 5) is 12.8. The number of esters is 1. The van der Waals surface area contributed by atoms with Crippen molar-refractivity contribution in [2.75, 3.05) is 39.3 Å². The van der Waals surface area contributed by atoms with Crippen LogP contribution in [0.3, 0.4) is 0 Å². The third-order valence-electron chi connectivity index (χ3n) is 2.38. The van der Waals surface area contributed by atoms with E-state index in [1.165, 1.54) is 6.92 Å². The third-order valence-corrected chi connectivity index (χ3v) is 2.38. The first-order valence-corrected chi connectivity index (χ1v) is 4.94. The number of hydrogen-bond acceptors (Lipinski definition) is 3. The second-order valence-electron chi connectivity index (χ2n) is 3.40. The number of rotatable bonds is 3. The van der Waals surface area contributed by atoms with E-state index in [0.717, 1.165) is 32.7 Å². The van der Waals surface area contributed by atoms with Gasteiger partial charge in [0, 0.05) is 19.7 Å². The van der Waals surface area contributed by atoms with Crippen molar-refractivity contribution in [1.82, 2.24) is 4.90 Å². The lowest BCUT2D eigenvalue weighted by molar-refractivity contribution is -0.535. The normalized spacial score (nSPS) is 17.9. The SMILES string of the molecule is [CH2-]C=[N+]1CCN(CCOC(C)=O)CC1. The van der Waals surface area contributed by atoms with E-state index in [4.69, 9.17) is 4.74 Å². The molecule has 0 N–H and O–H groups in total. The van der Waals surface area contributed by atoms with Gasteiger partial charge in [0.05, 0.1) is 13.1 Å². The average Bonchev–Trinajstić information content (AvgIpc) is 2.18. The smallest absolute Gasteiger partial charge is 0.302 e. The summed E-state index contributed by atoms with van der Waals surface area (Å²) in [7, 11) is 0. The van der Waals surface area contributed by atoms with E-state index in [-0.39, 0.29) is 5.97 Å². The van der Waals surface area contributed by atoms with Crippen LogP contribution in [-0.2, 0) is 9.53 Å². The van der Waals surface area contributed by atoms with Gasteiger partial charge in [0.25, 0.3) is 0 Å². The van der Waals surface area contributed by atoms with Crippen molar-refractivity contribution < 1.29 is 14.1 Å². The molecule has 0 unspecified atom stereocenters. The second-order valence-corrected chi connectivity index (χ2v) is 3.40. The Morgan fingerprint density at radius 2 is 2.21 bits per heavy atom. The summed E-state index contributed by atoms with van der Waals surface area (Å²) < 4.78 is 7.08. The quantitative estimate of drug-likeness (QED) is 0.357. The van der Waals surface area contributed by atoms with Crippen LogP contribution in [0.5, 0.6) is 0 Å². The molecule has 1 aliphatic heterocycles. The van der Waals surface area contributed by atoms with Crippen LogP contribution < -0.4 is 0 Å². The Morgan fingerprint density at radius 1 is 1.57 bits per heavy atom. The molecular formula is C10H18N2O2. The van der Waals surface area contributed by atoms with Gasteiger partial charge in [0.2, 0.25) is 0 Å². The second kappa shape index (κ2) is 5.65. The molecule has 1 saturated heterocycles. The highest BCUT2D eigenvalue weighted by molar-refractivity contribution is 5.65. The minimum absolute atomic E-state index is 0.199. The highest BCUT2D eigenvalue weighted by Gasteiger charge is 2.16. The zero-order valence-electron chi connectivity index (χ0n) is 8.74. The van der Waals surface area contributed by atoms with E-state index in [2.05, 4.69) is 16.4 Å². The molecule has 0 saturated carbocycles. The Kier molecular flexibility index (Phi) is 4.46. The van der Waals surface area contributed by atoms with Gasteiger partial charge in [0.1, 0.15) is 6.61 Å². The van der Waals surface area contributed by atoms with Crippen LogP contribution in [0, 0.1) is 6.92 Å². The standard InChI is InChI=1S/C10H18N2O2/c1-3-11-4-6-12(7-5-11)8-9-14-10(2)13/h3H,1,4-9H2,2H3. The van der Waals surface area contributed by atoms with E-state index < -0.39 is 0 Å². The molecule has 1 rings (SSSR count). The summed E-state index contributed by atoms with van der Waals surface area (Å²) in [6, 6.07) is 0. The molecule has 1 heterocycles. The van der Waals surface area contributed by atoms with Gasteiger partial charge in [-0.15, -0.1) is 0 Å². The van der Waals surface area contributed by atoms with Gasteiger partial charge in [0.15, 0.2) is 13.1 Å². The molecule has 1 aliphatic rings. The van der Waals surface area contributed by atoms with Gasteiger partial charge >= 0.3 is 5.97 Å². The lowest BCUT2D eigenvalue weighted by Crippen LogP contribution is -2.43. The predicted octanol–water partition coefficient (Wildman–Crippen LogP) is -0.218.